The average Bonchev–Trinajstić information content (AvgIpc) is 2.90. The van der Waals surface area contributed by atoms with Crippen molar-refractivity contribution < 1.29 is 18.0 Å². The van der Waals surface area contributed by atoms with Gasteiger partial charge in [0.1, 0.15) is 12.6 Å². The van der Waals surface area contributed by atoms with Crippen molar-refractivity contribution in [3.63, 3.8) is 0 Å². The molecule has 7 nitrogen and oxygen atoms in total. The Bertz CT molecular complexity index is 1310. The number of amides is 2. The van der Waals surface area contributed by atoms with Gasteiger partial charge in [-0.05, 0) is 49.6 Å². The number of carbonyl (C=O) groups is 2. The van der Waals surface area contributed by atoms with Gasteiger partial charge in [0, 0.05) is 13.6 Å². The summed E-state index contributed by atoms with van der Waals surface area (Å²) in [7, 11) is -2.63. The van der Waals surface area contributed by atoms with E-state index in [4.69, 9.17) is 11.6 Å². The first kappa shape index (κ1) is 28.2. The van der Waals surface area contributed by atoms with E-state index < -0.39 is 28.5 Å². The quantitative estimate of drug-likeness (QED) is 0.389. The Kier molecular flexibility index (Phi) is 9.72. The molecule has 0 aliphatic rings. The van der Waals surface area contributed by atoms with Gasteiger partial charge in [-0.15, -0.1) is 0 Å². The van der Waals surface area contributed by atoms with Gasteiger partial charge in [-0.1, -0.05) is 78.7 Å². The van der Waals surface area contributed by atoms with E-state index in [9.17, 15) is 18.0 Å². The van der Waals surface area contributed by atoms with Gasteiger partial charge in [0.05, 0.1) is 15.6 Å². The molecule has 0 heterocycles. The molecule has 0 aliphatic carbocycles. The van der Waals surface area contributed by atoms with E-state index in [0.717, 1.165) is 15.4 Å². The van der Waals surface area contributed by atoms with Gasteiger partial charge in [0.15, 0.2) is 0 Å². The lowest BCUT2D eigenvalue weighted by atomic mass is 10.1. The van der Waals surface area contributed by atoms with Crippen LogP contribution in [0.2, 0.25) is 5.02 Å². The number of carbonyl (C=O) groups excluding carboxylic acids is 2. The maximum atomic E-state index is 13.8. The van der Waals surface area contributed by atoms with Gasteiger partial charge in [0.2, 0.25) is 11.8 Å². The van der Waals surface area contributed by atoms with Crippen molar-refractivity contribution in [1.29, 1.82) is 0 Å². The lowest BCUT2D eigenvalue weighted by molar-refractivity contribution is -0.139. The van der Waals surface area contributed by atoms with E-state index in [0.29, 0.717) is 12.8 Å². The van der Waals surface area contributed by atoms with Crippen molar-refractivity contribution in [2.75, 3.05) is 24.4 Å². The van der Waals surface area contributed by atoms with Crippen molar-refractivity contribution in [1.82, 2.24) is 10.2 Å². The van der Waals surface area contributed by atoms with E-state index in [2.05, 4.69) is 5.32 Å². The zero-order valence-electron chi connectivity index (χ0n) is 21.2. The van der Waals surface area contributed by atoms with Crippen molar-refractivity contribution in [3.05, 3.63) is 95.0 Å². The molecule has 196 valence electrons. The van der Waals surface area contributed by atoms with Crippen LogP contribution >= 0.6 is 11.6 Å². The molecule has 0 aliphatic heterocycles. The minimum Gasteiger partial charge on any atom is -0.357 e. The summed E-state index contributed by atoms with van der Waals surface area (Å²) in [6, 6.07) is 21.8. The van der Waals surface area contributed by atoms with Crippen molar-refractivity contribution >= 4 is 39.1 Å². The molecule has 1 atom stereocenters. The molecule has 0 saturated heterocycles. The molecule has 2 amide bonds. The molecule has 3 aromatic carbocycles. The fraction of sp³-hybridized carbons (Fsp3) is 0.286. The molecule has 0 spiro atoms. The Hall–Kier alpha value is -3.36. The van der Waals surface area contributed by atoms with E-state index in [1.807, 2.05) is 44.2 Å². The van der Waals surface area contributed by atoms with Crippen LogP contribution in [0.25, 0.3) is 0 Å². The molecule has 3 aromatic rings. The second kappa shape index (κ2) is 12.7. The summed E-state index contributed by atoms with van der Waals surface area (Å²) in [5.74, 6) is -0.809. The van der Waals surface area contributed by atoms with Gasteiger partial charge in [-0.3, -0.25) is 13.9 Å². The third-order valence-corrected chi connectivity index (χ3v) is 8.22. The van der Waals surface area contributed by atoms with Gasteiger partial charge < -0.3 is 10.2 Å². The number of likely N-dealkylation sites (N-methyl/N-ethyl adjacent to an activating group) is 1. The van der Waals surface area contributed by atoms with Crippen LogP contribution in [0.3, 0.4) is 0 Å². The number of hydrogen-bond acceptors (Lipinski definition) is 4. The minimum atomic E-state index is -4.15. The van der Waals surface area contributed by atoms with E-state index >= 15 is 0 Å². The smallest absolute Gasteiger partial charge is 0.264 e. The highest BCUT2D eigenvalue weighted by molar-refractivity contribution is 7.92. The standard InChI is InChI=1S/C28H32ClN3O4S/c1-4-25(28(34)30-3)31(19-18-22-10-6-5-7-11-22)27(33)20-32(26-13-9-8-12-24(26)29)37(35,36)23-16-14-21(2)15-17-23/h5-17,25H,4,18-20H2,1-3H3,(H,30,34). The first-order valence-corrected chi connectivity index (χ1v) is 13.9. The van der Waals surface area contributed by atoms with E-state index in [-0.39, 0.29) is 28.1 Å². The summed E-state index contributed by atoms with van der Waals surface area (Å²) in [5.41, 5.74) is 2.10. The van der Waals surface area contributed by atoms with Crippen LogP contribution in [0.15, 0.2) is 83.8 Å². The molecule has 1 unspecified atom stereocenters. The second-order valence-electron chi connectivity index (χ2n) is 8.64. The Morgan fingerprint density at radius 2 is 1.57 bits per heavy atom. The number of benzene rings is 3. The summed E-state index contributed by atoms with van der Waals surface area (Å²) in [5, 5.41) is 2.81. The van der Waals surface area contributed by atoms with Crippen LogP contribution in [-0.2, 0) is 26.0 Å². The highest BCUT2D eigenvalue weighted by Gasteiger charge is 2.33. The molecule has 0 bridgehead atoms. The molecule has 0 fully saturated rings. The number of aryl methyl sites for hydroxylation is 1. The summed E-state index contributed by atoms with van der Waals surface area (Å²) in [4.78, 5) is 28.0. The average molecular weight is 542 g/mol. The molecule has 0 aromatic heterocycles. The molecular formula is C28H32ClN3O4S. The first-order chi connectivity index (χ1) is 17.7. The Morgan fingerprint density at radius 1 is 0.946 bits per heavy atom. The number of para-hydroxylation sites is 1. The number of hydrogen-bond donors (Lipinski definition) is 1. The number of rotatable bonds is 11. The van der Waals surface area contributed by atoms with Crippen LogP contribution in [0.5, 0.6) is 0 Å². The highest BCUT2D eigenvalue weighted by atomic mass is 35.5. The maximum absolute atomic E-state index is 13.8. The lowest BCUT2D eigenvalue weighted by Crippen LogP contribution is -2.52. The molecular weight excluding hydrogens is 510 g/mol. The van der Waals surface area contributed by atoms with E-state index in [1.54, 1.807) is 36.4 Å². The number of nitrogens with zero attached hydrogens (tertiary/aromatic N) is 2. The predicted octanol–water partition coefficient (Wildman–Crippen LogP) is 4.44. The molecule has 1 N–H and O–H groups in total. The van der Waals surface area contributed by atoms with Gasteiger partial charge in [-0.2, -0.15) is 0 Å². The second-order valence-corrected chi connectivity index (χ2v) is 10.9. The number of halogens is 1. The van der Waals surface area contributed by atoms with Crippen LogP contribution in [0.4, 0.5) is 5.69 Å². The highest BCUT2D eigenvalue weighted by Crippen LogP contribution is 2.30. The Labute approximate surface area is 224 Å². The summed E-state index contributed by atoms with van der Waals surface area (Å²) in [6.45, 7) is 3.41. The fourth-order valence-electron chi connectivity index (χ4n) is 4.07. The summed E-state index contributed by atoms with van der Waals surface area (Å²) >= 11 is 6.41. The maximum Gasteiger partial charge on any atom is 0.264 e. The van der Waals surface area contributed by atoms with Crippen LogP contribution in [0, 0.1) is 6.92 Å². The zero-order valence-corrected chi connectivity index (χ0v) is 22.8. The van der Waals surface area contributed by atoms with Crippen LogP contribution in [0.1, 0.15) is 24.5 Å². The number of anilines is 1. The predicted molar refractivity (Wildman–Crippen MR) is 147 cm³/mol. The van der Waals surface area contributed by atoms with Gasteiger partial charge in [0.25, 0.3) is 10.0 Å². The Balaban J connectivity index is 2.01. The lowest BCUT2D eigenvalue weighted by Gasteiger charge is -2.33. The van der Waals surface area contributed by atoms with Crippen LogP contribution in [-0.4, -0.2) is 51.3 Å². The number of sulfonamides is 1. The molecule has 9 heteroatoms. The fourth-order valence-corrected chi connectivity index (χ4v) is 5.79. The third kappa shape index (κ3) is 6.90. The topological polar surface area (TPSA) is 86.8 Å². The third-order valence-electron chi connectivity index (χ3n) is 6.13. The van der Waals surface area contributed by atoms with Crippen molar-refractivity contribution in [3.8, 4) is 0 Å². The van der Waals surface area contributed by atoms with Crippen molar-refractivity contribution in [2.45, 2.75) is 37.6 Å². The Morgan fingerprint density at radius 3 is 2.16 bits per heavy atom. The zero-order chi connectivity index (χ0) is 27.0. The van der Waals surface area contributed by atoms with E-state index in [1.165, 1.54) is 24.1 Å². The van der Waals surface area contributed by atoms with Crippen molar-refractivity contribution in [2.24, 2.45) is 0 Å². The summed E-state index contributed by atoms with van der Waals surface area (Å²) in [6.07, 6.45) is 0.883. The minimum absolute atomic E-state index is 0.0417. The van der Waals surface area contributed by atoms with Gasteiger partial charge >= 0.3 is 0 Å². The number of nitrogens with one attached hydrogen (secondary N) is 1. The summed E-state index contributed by atoms with van der Waals surface area (Å²) < 4.78 is 28.6. The normalized spacial score (nSPS) is 12.0. The molecule has 0 saturated carbocycles. The SMILES string of the molecule is CCC(C(=O)NC)N(CCc1ccccc1)C(=O)CN(c1ccccc1Cl)S(=O)(=O)c1ccc(C)cc1. The molecule has 0 radical (unpaired) electrons. The first-order valence-electron chi connectivity index (χ1n) is 12.1. The largest absolute Gasteiger partial charge is 0.357 e. The van der Waals surface area contributed by atoms with Gasteiger partial charge in [-0.25, -0.2) is 8.42 Å². The molecule has 37 heavy (non-hydrogen) atoms. The monoisotopic (exact) mass is 541 g/mol. The molecule has 3 rings (SSSR count). The van der Waals surface area contributed by atoms with Crippen LogP contribution < -0.4 is 9.62 Å².